The van der Waals surface area contributed by atoms with E-state index in [1.165, 1.54) is 10.6 Å². The SMILES string of the molecule is Cc1ccc(Cl)cc1-n1c(O)cc(CSC#N)c1O. The van der Waals surface area contributed by atoms with Crippen LogP contribution in [0.4, 0.5) is 0 Å². The zero-order valence-corrected chi connectivity index (χ0v) is 11.7. The van der Waals surface area contributed by atoms with Crippen LogP contribution in [0.15, 0.2) is 24.3 Å². The van der Waals surface area contributed by atoms with Crippen molar-refractivity contribution in [3.63, 3.8) is 0 Å². The molecule has 0 aliphatic heterocycles. The third-order valence-corrected chi connectivity index (χ3v) is 3.56. The molecular formula is C13H11ClN2O2S. The standard InChI is InChI=1S/C13H11ClN2O2S/c1-8-2-3-10(14)5-11(8)16-12(17)4-9(13(16)18)6-19-7-15/h2-5,17-18H,6H2,1H3. The summed E-state index contributed by atoms with van der Waals surface area (Å²) in [6.07, 6.45) is 0. The number of thioether (sulfide) groups is 1. The van der Waals surface area contributed by atoms with E-state index in [-0.39, 0.29) is 11.8 Å². The number of rotatable bonds is 3. The Labute approximate surface area is 119 Å². The summed E-state index contributed by atoms with van der Waals surface area (Å²) in [5.74, 6) is 0.143. The highest BCUT2D eigenvalue weighted by atomic mass is 35.5. The highest BCUT2D eigenvalue weighted by Crippen LogP contribution is 2.35. The first kappa shape index (κ1) is 13.7. The molecular weight excluding hydrogens is 284 g/mol. The van der Waals surface area contributed by atoms with E-state index in [2.05, 4.69) is 0 Å². The Balaban J connectivity index is 2.54. The number of aromatic hydroxyl groups is 2. The molecule has 0 atom stereocenters. The van der Waals surface area contributed by atoms with Gasteiger partial charge in [-0.25, -0.2) is 0 Å². The quantitative estimate of drug-likeness (QED) is 0.849. The van der Waals surface area contributed by atoms with Crippen LogP contribution in [0.25, 0.3) is 5.69 Å². The maximum absolute atomic E-state index is 10.1. The summed E-state index contributed by atoms with van der Waals surface area (Å²) >= 11 is 6.93. The first-order valence-electron chi connectivity index (χ1n) is 5.44. The van der Waals surface area contributed by atoms with Crippen molar-refractivity contribution in [2.45, 2.75) is 12.7 Å². The molecule has 0 unspecified atom stereocenters. The molecule has 2 rings (SSSR count). The van der Waals surface area contributed by atoms with E-state index in [9.17, 15) is 10.2 Å². The number of nitriles is 1. The minimum Gasteiger partial charge on any atom is -0.494 e. The number of aryl methyl sites for hydroxylation is 1. The molecule has 2 N–H and O–H groups in total. The Morgan fingerprint density at radius 1 is 1.37 bits per heavy atom. The average Bonchev–Trinajstić information content (AvgIpc) is 2.65. The van der Waals surface area contributed by atoms with E-state index in [1.54, 1.807) is 18.2 Å². The topological polar surface area (TPSA) is 69.2 Å². The molecule has 0 radical (unpaired) electrons. The van der Waals surface area contributed by atoms with Crippen molar-refractivity contribution in [3.8, 4) is 22.8 Å². The van der Waals surface area contributed by atoms with Gasteiger partial charge in [-0.3, -0.25) is 4.57 Å². The zero-order valence-electron chi connectivity index (χ0n) is 10.1. The van der Waals surface area contributed by atoms with E-state index in [0.717, 1.165) is 17.3 Å². The van der Waals surface area contributed by atoms with E-state index in [1.807, 2.05) is 12.3 Å². The number of hydrogen-bond acceptors (Lipinski definition) is 4. The summed E-state index contributed by atoms with van der Waals surface area (Å²) in [5, 5.41) is 31.1. The van der Waals surface area contributed by atoms with Crippen LogP contribution < -0.4 is 0 Å². The van der Waals surface area contributed by atoms with Crippen molar-refractivity contribution in [1.82, 2.24) is 4.57 Å². The summed E-state index contributed by atoms with van der Waals surface area (Å²) in [4.78, 5) is 0. The molecule has 2 aromatic rings. The molecule has 0 fully saturated rings. The Hall–Kier alpha value is -1.77. The number of thiocyanates is 1. The predicted octanol–water partition coefficient (Wildman–Crippen LogP) is 3.56. The van der Waals surface area contributed by atoms with Gasteiger partial charge in [-0.15, -0.1) is 0 Å². The molecule has 19 heavy (non-hydrogen) atoms. The number of halogens is 1. The maximum atomic E-state index is 10.1. The second kappa shape index (κ2) is 5.47. The predicted molar refractivity (Wildman–Crippen MR) is 75.8 cm³/mol. The molecule has 1 heterocycles. The van der Waals surface area contributed by atoms with Gasteiger partial charge < -0.3 is 10.2 Å². The van der Waals surface area contributed by atoms with Gasteiger partial charge >= 0.3 is 0 Å². The van der Waals surface area contributed by atoms with Crippen molar-refractivity contribution in [2.24, 2.45) is 0 Å². The molecule has 6 heteroatoms. The van der Waals surface area contributed by atoms with Gasteiger partial charge in [-0.05, 0) is 36.4 Å². The smallest absolute Gasteiger partial charge is 0.202 e. The maximum Gasteiger partial charge on any atom is 0.202 e. The number of nitrogens with zero attached hydrogens (tertiary/aromatic N) is 2. The van der Waals surface area contributed by atoms with Crippen LogP contribution in [0.3, 0.4) is 0 Å². The third kappa shape index (κ3) is 2.65. The second-order valence-corrected chi connectivity index (χ2v) is 5.19. The van der Waals surface area contributed by atoms with Crippen LogP contribution in [-0.4, -0.2) is 14.8 Å². The molecule has 0 aliphatic rings. The molecule has 0 saturated carbocycles. The molecule has 98 valence electrons. The number of hydrogen-bond donors (Lipinski definition) is 2. The fourth-order valence-electron chi connectivity index (χ4n) is 1.81. The van der Waals surface area contributed by atoms with Crippen LogP contribution in [0, 0.1) is 17.6 Å². The number of benzene rings is 1. The summed E-state index contributed by atoms with van der Waals surface area (Å²) in [7, 11) is 0. The summed E-state index contributed by atoms with van der Waals surface area (Å²) in [6.45, 7) is 1.86. The molecule has 0 saturated heterocycles. The first-order valence-corrected chi connectivity index (χ1v) is 6.81. The van der Waals surface area contributed by atoms with E-state index in [0.29, 0.717) is 22.0 Å². The second-order valence-electron chi connectivity index (χ2n) is 4.00. The lowest BCUT2D eigenvalue weighted by atomic mass is 10.2. The Bertz CT molecular complexity index is 661. The minimum atomic E-state index is -0.0867. The van der Waals surface area contributed by atoms with Gasteiger partial charge in [0, 0.05) is 22.4 Å². The van der Waals surface area contributed by atoms with Crippen molar-refractivity contribution < 1.29 is 10.2 Å². The van der Waals surface area contributed by atoms with E-state index in [4.69, 9.17) is 16.9 Å². The Morgan fingerprint density at radius 3 is 2.79 bits per heavy atom. The molecule has 0 amide bonds. The largest absolute Gasteiger partial charge is 0.494 e. The molecule has 1 aromatic carbocycles. The van der Waals surface area contributed by atoms with E-state index >= 15 is 0 Å². The van der Waals surface area contributed by atoms with Crippen molar-refractivity contribution in [3.05, 3.63) is 40.4 Å². The van der Waals surface area contributed by atoms with Crippen LogP contribution in [-0.2, 0) is 5.75 Å². The molecule has 1 aromatic heterocycles. The fourth-order valence-corrected chi connectivity index (χ4v) is 2.41. The van der Waals surface area contributed by atoms with Crippen molar-refractivity contribution >= 4 is 23.4 Å². The normalized spacial score (nSPS) is 10.4. The molecule has 4 nitrogen and oxygen atoms in total. The lowest BCUT2D eigenvalue weighted by Gasteiger charge is -2.10. The lowest BCUT2D eigenvalue weighted by molar-refractivity contribution is 0.401. The van der Waals surface area contributed by atoms with Gasteiger partial charge in [0.15, 0.2) is 5.88 Å². The van der Waals surface area contributed by atoms with Crippen LogP contribution in [0.1, 0.15) is 11.1 Å². The van der Waals surface area contributed by atoms with Gasteiger partial charge in [0.25, 0.3) is 0 Å². The summed E-state index contributed by atoms with van der Waals surface area (Å²) < 4.78 is 1.31. The average molecular weight is 295 g/mol. The van der Waals surface area contributed by atoms with Crippen molar-refractivity contribution in [1.29, 1.82) is 5.26 Å². The fraction of sp³-hybridized carbons (Fsp3) is 0.154. The Kier molecular flexibility index (Phi) is 3.93. The van der Waals surface area contributed by atoms with Gasteiger partial charge in [0.05, 0.1) is 5.69 Å². The highest BCUT2D eigenvalue weighted by molar-refractivity contribution is 8.02. The molecule has 0 bridgehead atoms. The molecule has 0 spiro atoms. The molecule has 0 aliphatic carbocycles. The zero-order chi connectivity index (χ0) is 14.0. The van der Waals surface area contributed by atoms with Crippen molar-refractivity contribution in [2.75, 3.05) is 0 Å². The van der Waals surface area contributed by atoms with E-state index < -0.39 is 0 Å². The number of aromatic nitrogens is 1. The van der Waals surface area contributed by atoms with Gasteiger partial charge in [-0.1, -0.05) is 17.7 Å². The van der Waals surface area contributed by atoms with Gasteiger partial charge in [0.2, 0.25) is 5.88 Å². The van der Waals surface area contributed by atoms with Crippen LogP contribution in [0.5, 0.6) is 11.8 Å². The monoisotopic (exact) mass is 294 g/mol. The summed E-state index contributed by atoms with van der Waals surface area (Å²) in [5.41, 5.74) is 1.98. The third-order valence-electron chi connectivity index (χ3n) is 2.74. The first-order chi connectivity index (χ1) is 9.04. The summed E-state index contributed by atoms with van der Waals surface area (Å²) in [6, 6.07) is 6.65. The highest BCUT2D eigenvalue weighted by Gasteiger charge is 2.17. The van der Waals surface area contributed by atoms with Gasteiger partial charge in [-0.2, -0.15) is 5.26 Å². The van der Waals surface area contributed by atoms with Crippen LogP contribution >= 0.6 is 23.4 Å². The van der Waals surface area contributed by atoms with Gasteiger partial charge in [0.1, 0.15) is 5.40 Å². The lowest BCUT2D eigenvalue weighted by Crippen LogP contribution is -1.96. The minimum absolute atomic E-state index is 0.0781. The van der Waals surface area contributed by atoms with Crippen LogP contribution in [0.2, 0.25) is 5.02 Å². The Morgan fingerprint density at radius 2 is 2.11 bits per heavy atom.